The van der Waals surface area contributed by atoms with Gasteiger partial charge in [0.1, 0.15) is 0 Å². The fourth-order valence-electron chi connectivity index (χ4n) is 2.90. The maximum atomic E-state index is 5.77. The van der Waals surface area contributed by atoms with Crippen LogP contribution in [0.1, 0.15) is 52.5 Å². The zero-order chi connectivity index (χ0) is 15.9. The Labute approximate surface area is 131 Å². The summed E-state index contributed by atoms with van der Waals surface area (Å²) in [6.07, 6.45) is 4.74. The predicted molar refractivity (Wildman–Crippen MR) is 94.9 cm³/mol. The van der Waals surface area contributed by atoms with E-state index in [4.69, 9.17) is 5.73 Å². The van der Waals surface area contributed by atoms with Crippen molar-refractivity contribution in [2.24, 2.45) is 17.1 Å². The molecule has 0 aliphatic heterocycles. The van der Waals surface area contributed by atoms with E-state index < -0.39 is 0 Å². The summed E-state index contributed by atoms with van der Waals surface area (Å²) < 4.78 is 0. The minimum atomic E-state index is 0.362. The van der Waals surface area contributed by atoms with Crippen LogP contribution in [0.25, 0.3) is 0 Å². The monoisotopic (exact) mass is 290 g/mol. The van der Waals surface area contributed by atoms with Crippen molar-refractivity contribution in [3.05, 3.63) is 29.8 Å². The Morgan fingerprint density at radius 3 is 2.19 bits per heavy atom. The van der Waals surface area contributed by atoms with Gasteiger partial charge in [-0.15, -0.1) is 0 Å². The SMILES string of the molecule is CCc1ccc(N(C)CCCC(CCN)C(C)(C)C)cc1. The maximum absolute atomic E-state index is 5.77. The average Bonchev–Trinajstić information content (AvgIpc) is 2.45. The van der Waals surface area contributed by atoms with Crippen molar-refractivity contribution >= 4 is 5.69 Å². The topological polar surface area (TPSA) is 29.3 Å². The molecule has 1 aromatic carbocycles. The van der Waals surface area contributed by atoms with E-state index in [1.165, 1.54) is 24.1 Å². The Hall–Kier alpha value is -1.02. The van der Waals surface area contributed by atoms with Crippen molar-refractivity contribution in [1.82, 2.24) is 0 Å². The first-order chi connectivity index (χ1) is 9.88. The van der Waals surface area contributed by atoms with Gasteiger partial charge in [0, 0.05) is 19.3 Å². The molecule has 1 atom stereocenters. The molecule has 0 aliphatic carbocycles. The van der Waals surface area contributed by atoms with Crippen molar-refractivity contribution in [3.8, 4) is 0 Å². The van der Waals surface area contributed by atoms with Gasteiger partial charge in [-0.1, -0.05) is 39.8 Å². The molecule has 1 unspecified atom stereocenters. The van der Waals surface area contributed by atoms with E-state index in [0.717, 1.165) is 31.8 Å². The van der Waals surface area contributed by atoms with Gasteiger partial charge in [-0.05, 0) is 61.3 Å². The van der Waals surface area contributed by atoms with Gasteiger partial charge in [-0.2, -0.15) is 0 Å². The van der Waals surface area contributed by atoms with Crippen LogP contribution < -0.4 is 10.6 Å². The third kappa shape index (κ3) is 6.09. The van der Waals surface area contributed by atoms with Crippen molar-refractivity contribution in [2.75, 3.05) is 25.0 Å². The van der Waals surface area contributed by atoms with Crippen LogP contribution in [-0.2, 0) is 6.42 Å². The zero-order valence-corrected chi connectivity index (χ0v) is 14.7. The van der Waals surface area contributed by atoms with E-state index in [-0.39, 0.29) is 0 Å². The Morgan fingerprint density at radius 1 is 1.10 bits per heavy atom. The highest BCUT2D eigenvalue weighted by atomic mass is 15.1. The zero-order valence-electron chi connectivity index (χ0n) is 14.7. The third-order valence-corrected chi connectivity index (χ3v) is 4.57. The lowest BCUT2D eigenvalue weighted by molar-refractivity contribution is 0.211. The third-order valence-electron chi connectivity index (χ3n) is 4.57. The van der Waals surface area contributed by atoms with Gasteiger partial charge in [0.15, 0.2) is 0 Å². The van der Waals surface area contributed by atoms with Crippen LogP contribution in [0.15, 0.2) is 24.3 Å². The first kappa shape index (κ1) is 18.0. The van der Waals surface area contributed by atoms with Gasteiger partial charge in [-0.3, -0.25) is 0 Å². The molecule has 0 heterocycles. The van der Waals surface area contributed by atoms with Crippen LogP contribution in [0.5, 0.6) is 0 Å². The minimum absolute atomic E-state index is 0.362. The molecule has 1 aromatic rings. The smallest absolute Gasteiger partial charge is 0.0363 e. The van der Waals surface area contributed by atoms with E-state index in [1.54, 1.807) is 0 Å². The van der Waals surface area contributed by atoms with Crippen molar-refractivity contribution in [2.45, 2.75) is 53.4 Å². The van der Waals surface area contributed by atoms with Crippen LogP contribution >= 0.6 is 0 Å². The normalized spacial score (nSPS) is 13.2. The van der Waals surface area contributed by atoms with Crippen molar-refractivity contribution < 1.29 is 0 Å². The Bertz CT molecular complexity index is 389. The lowest BCUT2D eigenvalue weighted by Gasteiger charge is -2.31. The molecule has 0 fully saturated rings. The van der Waals surface area contributed by atoms with E-state index in [9.17, 15) is 0 Å². The number of hydrogen-bond donors (Lipinski definition) is 1. The summed E-state index contributed by atoms with van der Waals surface area (Å²) in [5, 5.41) is 0. The number of nitrogens with zero attached hydrogens (tertiary/aromatic N) is 1. The second kappa shape index (κ2) is 8.43. The summed E-state index contributed by atoms with van der Waals surface area (Å²) in [5.74, 6) is 0.721. The molecule has 0 radical (unpaired) electrons. The second-order valence-electron chi connectivity index (χ2n) is 7.22. The number of anilines is 1. The average molecular weight is 290 g/mol. The summed E-state index contributed by atoms with van der Waals surface area (Å²) >= 11 is 0. The van der Waals surface area contributed by atoms with E-state index in [2.05, 4.69) is 63.9 Å². The van der Waals surface area contributed by atoms with E-state index in [0.29, 0.717) is 5.41 Å². The van der Waals surface area contributed by atoms with E-state index in [1.807, 2.05) is 0 Å². The molecule has 0 aliphatic rings. The number of nitrogens with two attached hydrogens (primary N) is 1. The van der Waals surface area contributed by atoms with Crippen LogP contribution in [0, 0.1) is 11.3 Å². The standard InChI is InChI=1S/C19H34N2/c1-6-16-9-11-18(12-10-16)21(5)15-7-8-17(13-14-20)19(2,3)4/h9-12,17H,6-8,13-15,20H2,1-5H3. The molecular weight excluding hydrogens is 256 g/mol. The molecule has 0 amide bonds. The lowest BCUT2D eigenvalue weighted by Crippen LogP contribution is -2.25. The molecule has 120 valence electrons. The molecule has 0 spiro atoms. The molecule has 0 bridgehead atoms. The summed E-state index contributed by atoms with van der Waals surface area (Å²) in [7, 11) is 2.19. The Morgan fingerprint density at radius 2 is 1.71 bits per heavy atom. The lowest BCUT2D eigenvalue weighted by atomic mass is 9.76. The van der Waals surface area contributed by atoms with Gasteiger partial charge in [-0.25, -0.2) is 0 Å². The largest absolute Gasteiger partial charge is 0.375 e. The first-order valence-corrected chi connectivity index (χ1v) is 8.38. The van der Waals surface area contributed by atoms with Gasteiger partial charge >= 0.3 is 0 Å². The summed E-state index contributed by atoms with van der Waals surface area (Å²) in [4.78, 5) is 2.36. The predicted octanol–water partition coefficient (Wildman–Crippen LogP) is 4.48. The van der Waals surface area contributed by atoms with Gasteiger partial charge in [0.25, 0.3) is 0 Å². The summed E-state index contributed by atoms with van der Waals surface area (Å²) in [6, 6.07) is 8.94. The molecule has 0 saturated heterocycles. The first-order valence-electron chi connectivity index (χ1n) is 8.38. The molecule has 0 aromatic heterocycles. The fraction of sp³-hybridized carbons (Fsp3) is 0.684. The van der Waals surface area contributed by atoms with Crippen LogP contribution in [0.2, 0.25) is 0 Å². The highest BCUT2D eigenvalue weighted by Gasteiger charge is 2.23. The van der Waals surface area contributed by atoms with Crippen LogP contribution in [0.3, 0.4) is 0 Å². The van der Waals surface area contributed by atoms with Crippen molar-refractivity contribution in [1.29, 1.82) is 0 Å². The summed E-state index contributed by atoms with van der Waals surface area (Å²) in [6.45, 7) is 11.1. The fourth-order valence-corrected chi connectivity index (χ4v) is 2.90. The Kier molecular flexibility index (Phi) is 7.24. The molecule has 21 heavy (non-hydrogen) atoms. The molecule has 0 saturated carbocycles. The molecular formula is C19H34N2. The summed E-state index contributed by atoms with van der Waals surface area (Å²) in [5.41, 5.74) is 8.85. The minimum Gasteiger partial charge on any atom is -0.375 e. The number of benzene rings is 1. The van der Waals surface area contributed by atoms with Crippen molar-refractivity contribution in [3.63, 3.8) is 0 Å². The highest BCUT2D eigenvalue weighted by molar-refractivity contribution is 5.46. The van der Waals surface area contributed by atoms with E-state index >= 15 is 0 Å². The number of aryl methyl sites for hydroxylation is 1. The van der Waals surface area contributed by atoms with Gasteiger partial charge in [0.2, 0.25) is 0 Å². The quantitative estimate of drug-likeness (QED) is 0.765. The maximum Gasteiger partial charge on any atom is 0.0363 e. The molecule has 1 rings (SSSR count). The van der Waals surface area contributed by atoms with Gasteiger partial charge < -0.3 is 10.6 Å². The van der Waals surface area contributed by atoms with Gasteiger partial charge in [0.05, 0.1) is 0 Å². The second-order valence-corrected chi connectivity index (χ2v) is 7.22. The van der Waals surface area contributed by atoms with Crippen LogP contribution in [0.4, 0.5) is 5.69 Å². The number of rotatable bonds is 8. The molecule has 2 N–H and O–H groups in total. The molecule has 2 heteroatoms. The number of hydrogen-bond acceptors (Lipinski definition) is 2. The highest BCUT2D eigenvalue weighted by Crippen LogP contribution is 2.32. The Balaban J connectivity index is 2.46. The molecule has 2 nitrogen and oxygen atoms in total. The van der Waals surface area contributed by atoms with Crippen LogP contribution in [-0.4, -0.2) is 20.1 Å².